The number of aromatic nitrogens is 2. The summed E-state index contributed by atoms with van der Waals surface area (Å²) >= 11 is 0. The highest BCUT2D eigenvalue weighted by atomic mass is 19.1. The monoisotopic (exact) mass is 491 g/mol. The van der Waals surface area contributed by atoms with Gasteiger partial charge < -0.3 is 15.1 Å². The molecule has 2 aliphatic heterocycles. The second kappa shape index (κ2) is 10.4. The van der Waals surface area contributed by atoms with Crippen LogP contribution in [0.15, 0.2) is 60.8 Å². The van der Waals surface area contributed by atoms with Crippen molar-refractivity contribution < 1.29 is 18.4 Å². The van der Waals surface area contributed by atoms with Gasteiger partial charge in [-0.1, -0.05) is 12.1 Å². The minimum atomic E-state index is -0.708. The molecule has 2 aromatic carbocycles. The molecule has 5 rings (SSSR count). The van der Waals surface area contributed by atoms with Crippen molar-refractivity contribution in [1.82, 2.24) is 15.1 Å². The SMILES string of the molecule is O=C(Nc1ccc(C2CCN(C(=O)c3cc(F)ccc3F)CC2)cc1)C1CCN(c2cccnn2)C1. The first-order chi connectivity index (χ1) is 17.5. The highest BCUT2D eigenvalue weighted by Gasteiger charge is 2.30. The van der Waals surface area contributed by atoms with E-state index in [0.29, 0.717) is 19.6 Å². The van der Waals surface area contributed by atoms with E-state index in [0.717, 1.165) is 61.1 Å². The number of halogens is 2. The molecule has 0 aliphatic carbocycles. The van der Waals surface area contributed by atoms with E-state index in [1.54, 1.807) is 11.1 Å². The van der Waals surface area contributed by atoms with Gasteiger partial charge in [-0.05, 0) is 73.2 Å². The second-order valence-electron chi connectivity index (χ2n) is 9.32. The molecule has 36 heavy (non-hydrogen) atoms. The fraction of sp³-hybridized carbons (Fsp3) is 0.333. The van der Waals surface area contributed by atoms with E-state index in [9.17, 15) is 18.4 Å². The molecule has 7 nitrogen and oxygen atoms in total. The molecule has 2 amide bonds. The summed E-state index contributed by atoms with van der Waals surface area (Å²) in [6, 6.07) is 14.5. The van der Waals surface area contributed by atoms with Gasteiger partial charge in [0.25, 0.3) is 5.91 Å². The van der Waals surface area contributed by atoms with E-state index >= 15 is 0 Å². The zero-order valence-corrected chi connectivity index (χ0v) is 19.7. The van der Waals surface area contributed by atoms with Crippen molar-refractivity contribution in [2.45, 2.75) is 25.2 Å². The molecule has 0 bridgehead atoms. The highest BCUT2D eigenvalue weighted by molar-refractivity contribution is 5.94. The number of likely N-dealkylation sites (tertiary alicyclic amines) is 1. The van der Waals surface area contributed by atoms with E-state index in [1.165, 1.54) is 0 Å². The van der Waals surface area contributed by atoms with E-state index in [1.807, 2.05) is 36.4 Å². The Morgan fingerprint density at radius 1 is 0.944 bits per heavy atom. The van der Waals surface area contributed by atoms with E-state index in [2.05, 4.69) is 20.4 Å². The van der Waals surface area contributed by atoms with Gasteiger partial charge in [-0.3, -0.25) is 9.59 Å². The summed E-state index contributed by atoms with van der Waals surface area (Å²) in [5.74, 6) is -0.898. The summed E-state index contributed by atoms with van der Waals surface area (Å²) in [6.07, 6.45) is 3.85. The molecule has 2 saturated heterocycles. The van der Waals surface area contributed by atoms with Crippen LogP contribution in [0.5, 0.6) is 0 Å². The summed E-state index contributed by atoms with van der Waals surface area (Å²) in [5, 5.41) is 11.0. The zero-order valence-electron chi connectivity index (χ0n) is 19.7. The molecule has 2 fully saturated rings. The standard InChI is InChI=1S/C27H27F2N5O2/c28-21-5-8-24(29)23(16-21)27(36)33-13-9-19(10-14-33)18-3-6-22(7-4-18)31-26(35)20-11-15-34(17-20)25-2-1-12-30-32-25/h1-8,12,16,19-20H,9-11,13-15,17H2,(H,31,35). The number of rotatable bonds is 5. The average molecular weight is 492 g/mol. The third-order valence-corrected chi connectivity index (χ3v) is 7.03. The number of hydrogen-bond acceptors (Lipinski definition) is 5. The lowest BCUT2D eigenvalue weighted by molar-refractivity contribution is -0.119. The molecule has 0 spiro atoms. The number of amides is 2. The predicted molar refractivity (Wildman–Crippen MR) is 132 cm³/mol. The van der Waals surface area contributed by atoms with Gasteiger partial charge in [0, 0.05) is 38.1 Å². The van der Waals surface area contributed by atoms with Crippen LogP contribution in [0.4, 0.5) is 20.3 Å². The predicted octanol–water partition coefficient (Wildman–Crippen LogP) is 4.24. The molecular formula is C27H27F2N5O2. The summed E-state index contributed by atoms with van der Waals surface area (Å²) < 4.78 is 27.5. The minimum Gasteiger partial charge on any atom is -0.354 e. The molecule has 3 heterocycles. The molecule has 1 atom stereocenters. The Bertz CT molecular complexity index is 1230. The highest BCUT2D eigenvalue weighted by Crippen LogP contribution is 2.30. The maximum Gasteiger partial charge on any atom is 0.256 e. The van der Waals surface area contributed by atoms with Crippen LogP contribution in [0.3, 0.4) is 0 Å². The molecule has 9 heteroatoms. The van der Waals surface area contributed by atoms with Crippen LogP contribution in [-0.2, 0) is 4.79 Å². The number of hydrogen-bond donors (Lipinski definition) is 1. The van der Waals surface area contributed by atoms with Crippen LogP contribution in [-0.4, -0.2) is 53.1 Å². The lowest BCUT2D eigenvalue weighted by atomic mass is 9.89. The molecule has 1 aromatic heterocycles. The number of anilines is 2. The number of benzene rings is 2. The van der Waals surface area contributed by atoms with Gasteiger partial charge in [0.05, 0.1) is 11.5 Å². The molecule has 3 aromatic rings. The van der Waals surface area contributed by atoms with Crippen LogP contribution < -0.4 is 10.2 Å². The summed E-state index contributed by atoms with van der Waals surface area (Å²) in [6.45, 7) is 2.33. The van der Waals surface area contributed by atoms with Crippen molar-refractivity contribution in [3.63, 3.8) is 0 Å². The van der Waals surface area contributed by atoms with Crippen LogP contribution >= 0.6 is 0 Å². The minimum absolute atomic E-state index is 0.00876. The maximum absolute atomic E-state index is 14.0. The molecule has 186 valence electrons. The van der Waals surface area contributed by atoms with E-state index in [-0.39, 0.29) is 23.3 Å². The van der Waals surface area contributed by atoms with Gasteiger partial charge in [0.15, 0.2) is 5.82 Å². The summed E-state index contributed by atoms with van der Waals surface area (Å²) in [7, 11) is 0. The quantitative estimate of drug-likeness (QED) is 0.578. The topological polar surface area (TPSA) is 78.4 Å². The van der Waals surface area contributed by atoms with Gasteiger partial charge in [0.1, 0.15) is 11.6 Å². The average Bonchev–Trinajstić information content (AvgIpc) is 3.42. The largest absolute Gasteiger partial charge is 0.354 e. The molecular weight excluding hydrogens is 464 g/mol. The van der Waals surface area contributed by atoms with Crippen LogP contribution in [0.2, 0.25) is 0 Å². The Morgan fingerprint density at radius 3 is 2.44 bits per heavy atom. The number of piperidine rings is 1. The molecule has 1 N–H and O–H groups in total. The number of nitrogens with zero attached hydrogens (tertiary/aromatic N) is 4. The fourth-order valence-corrected chi connectivity index (χ4v) is 4.98. The third kappa shape index (κ3) is 5.19. The number of carbonyl (C=O) groups excluding carboxylic acids is 2. The summed E-state index contributed by atoms with van der Waals surface area (Å²) in [5.41, 5.74) is 1.65. The second-order valence-corrected chi connectivity index (χ2v) is 9.32. The Hall–Kier alpha value is -3.88. The van der Waals surface area contributed by atoms with Gasteiger partial charge in [-0.2, -0.15) is 5.10 Å². The van der Waals surface area contributed by atoms with Crippen molar-refractivity contribution in [3.05, 3.63) is 83.6 Å². The normalized spacial score (nSPS) is 18.3. The Balaban J connectivity index is 1.13. The van der Waals surface area contributed by atoms with Crippen molar-refractivity contribution >= 4 is 23.3 Å². The number of nitrogens with one attached hydrogen (secondary N) is 1. The van der Waals surface area contributed by atoms with E-state index < -0.39 is 17.5 Å². The van der Waals surface area contributed by atoms with Crippen LogP contribution in [0.1, 0.15) is 41.1 Å². The van der Waals surface area contributed by atoms with Crippen LogP contribution in [0, 0.1) is 17.6 Å². The molecule has 0 radical (unpaired) electrons. The first-order valence-electron chi connectivity index (χ1n) is 12.2. The van der Waals surface area contributed by atoms with Crippen molar-refractivity contribution in [2.24, 2.45) is 5.92 Å². The molecule has 2 aliphatic rings. The Morgan fingerprint density at radius 2 is 1.72 bits per heavy atom. The lowest BCUT2D eigenvalue weighted by Crippen LogP contribution is -2.38. The third-order valence-electron chi connectivity index (χ3n) is 7.03. The Labute approximate surface area is 208 Å². The lowest BCUT2D eigenvalue weighted by Gasteiger charge is -2.32. The fourth-order valence-electron chi connectivity index (χ4n) is 4.98. The van der Waals surface area contributed by atoms with E-state index in [4.69, 9.17) is 0 Å². The van der Waals surface area contributed by atoms with Gasteiger partial charge in [-0.25, -0.2) is 8.78 Å². The first-order valence-corrected chi connectivity index (χ1v) is 12.2. The van der Waals surface area contributed by atoms with Crippen LogP contribution in [0.25, 0.3) is 0 Å². The molecule has 0 saturated carbocycles. The maximum atomic E-state index is 14.0. The number of carbonyl (C=O) groups is 2. The smallest absolute Gasteiger partial charge is 0.256 e. The first kappa shape index (κ1) is 23.8. The molecule has 1 unspecified atom stereocenters. The summed E-state index contributed by atoms with van der Waals surface area (Å²) in [4.78, 5) is 29.1. The van der Waals surface area contributed by atoms with Crippen molar-refractivity contribution in [3.8, 4) is 0 Å². The van der Waals surface area contributed by atoms with Gasteiger partial charge in [-0.15, -0.1) is 5.10 Å². The van der Waals surface area contributed by atoms with Crippen molar-refractivity contribution in [2.75, 3.05) is 36.4 Å². The van der Waals surface area contributed by atoms with Gasteiger partial charge in [0.2, 0.25) is 5.91 Å². The van der Waals surface area contributed by atoms with Crippen molar-refractivity contribution in [1.29, 1.82) is 0 Å². The Kier molecular flexibility index (Phi) is 6.88. The zero-order chi connectivity index (χ0) is 25.1. The van der Waals surface area contributed by atoms with Gasteiger partial charge >= 0.3 is 0 Å².